The normalized spacial score (nSPS) is 10.9. The van der Waals surface area contributed by atoms with E-state index in [1.54, 1.807) is 56.5 Å². The van der Waals surface area contributed by atoms with Crippen molar-refractivity contribution < 1.29 is 13.2 Å². The Morgan fingerprint density at radius 1 is 1.11 bits per heavy atom. The lowest BCUT2D eigenvalue weighted by Gasteiger charge is -2.14. The molecule has 0 spiro atoms. The third kappa shape index (κ3) is 6.11. The lowest BCUT2D eigenvalue weighted by atomic mass is 10.2. The highest BCUT2D eigenvalue weighted by molar-refractivity contribution is 7.92. The number of sulfonamides is 1. The molecule has 8 heteroatoms. The third-order valence-electron chi connectivity index (χ3n) is 3.89. The highest BCUT2D eigenvalue weighted by Crippen LogP contribution is 2.24. The van der Waals surface area contributed by atoms with Crippen molar-refractivity contribution in [1.82, 2.24) is 5.32 Å². The van der Waals surface area contributed by atoms with Gasteiger partial charge in [0.05, 0.1) is 12.0 Å². The minimum Gasteiger partial charge on any atom is -0.497 e. The molecule has 3 N–H and O–H groups in total. The molecule has 146 valence electrons. The van der Waals surface area contributed by atoms with Gasteiger partial charge in [0, 0.05) is 17.9 Å². The van der Waals surface area contributed by atoms with Crippen molar-refractivity contribution in [1.29, 1.82) is 0 Å². The van der Waals surface area contributed by atoms with E-state index in [-0.39, 0.29) is 4.90 Å². The van der Waals surface area contributed by atoms with Crippen molar-refractivity contribution in [3.8, 4) is 5.75 Å². The predicted molar refractivity (Wildman–Crippen MR) is 114 cm³/mol. The number of ether oxygens (including phenoxy) is 1. The minimum atomic E-state index is -3.74. The number of benzene rings is 2. The number of aryl methyl sites for hydroxylation is 1. The smallest absolute Gasteiger partial charge is 0.262 e. The molecular weight excluding hydrogens is 382 g/mol. The fourth-order valence-corrected chi connectivity index (χ4v) is 3.94. The monoisotopic (exact) mass is 407 g/mol. The Morgan fingerprint density at radius 2 is 1.78 bits per heavy atom. The van der Waals surface area contributed by atoms with Crippen LogP contribution in [0.15, 0.2) is 47.4 Å². The zero-order valence-corrected chi connectivity index (χ0v) is 17.3. The number of hydrogen-bond donors (Lipinski definition) is 3. The van der Waals surface area contributed by atoms with E-state index in [1.807, 2.05) is 0 Å². The highest BCUT2D eigenvalue weighted by Gasteiger charge is 2.18. The van der Waals surface area contributed by atoms with E-state index in [2.05, 4.69) is 22.3 Å². The van der Waals surface area contributed by atoms with Crippen LogP contribution in [-0.4, -0.2) is 27.2 Å². The van der Waals surface area contributed by atoms with Crippen LogP contribution in [0.25, 0.3) is 0 Å². The molecule has 0 saturated carbocycles. The predicted octanol–water partition coefficient (Wildman–Crippen LogP) is 3.89. The van der Waals surface area contributed by atoms with Crippen LogP contribution in [0.5, 0.6) is 5.75 Å². The molecule has 6 nitrogen and oxygen atoms in total. The van der Waals surface area contributed by atoms with Gasteiger partial charge in [-0.05, 0) is 67.5 Å². The van der Waals surface area contributed by atoms with Crippen molar-refractivity contribution in [2.24, 2.45) is 0 Å². The van der Waals surface area contributed by atoms with Crippen molar-refractivity contribution in [2.45, 2.75) is 31.6 Å². The van der Waals surface area contributed by atoms with Gasteiger partial charge in [0.2, 0.25) is 0 Å². The maximum Gasteiger partial charge on any atom is 0.262 e. The first-order valence-corrected chi connectivity index (χ1v) is 10.6. The fraction of sp³-hybridized carbons (Fsp3) is 0.316. The Hall–Kier alpha value is -2.32. The zero-order valence-electron chi connectivity index (χ0n) is 15.7. The molecule has 0 aliphatic heterocycles. The molecule has 0 fully saturated rings. The Kier molecular flexibility index (Phi) is 7.44. The van der Waals surface area contributed by atoms with E-state index in [4.69, 9.17) is 17.0 Å². The summed E-state index contributed by atoms with van der Waals surface area (Å²) in [6.45, 7) is 4.63. The van der Waals surface area contributed by atoms with Gasteiger partial charge < -0.3 is 15.4 Å². The topological polar surface area (TPSA) is 79.5 Å². The van der Waals surface area contributed by atoms with Gasteiger partial charge in [0.15, 0.2) is 5.11 Å². The first-order valence-electron chi connectivity index (χ1n) is 8.68. The number of anilines is 2. The number of nitrogens with one attached hydrogen (secondary N) is 3. The summed E-state index contributed by atoms with van der Waals surface area (Å²) in [7, 11) is -2.18. The largest absolute Gasteiger partial charge is 0.497 e. The first kappa shape index (κ1) is 21.0. The number of hydrogen-bond acceptors (Lipinski definition) is 4. The van der Waals surface area contributed by atoms with Crippen LogP contribution in [0, 0.1) is 6.92 Å². The van der Waals surface area contributed by atoms with Crippen LogP contribution in [0.2, 0.25) is 0 Å². The molecule has 2 aromatic carbocycles. The lowest BCUT2D eigenvalue weighted by molar-refractivity contribution is 0.415. The van der Waals surface area contributed by atoms with Gasteiger partial charge >= 0.3 is 0 Å². The summed E-state index contributed by atoms with van der Waals surface area (Å²) in [6, 6.07) is 11.8. The van der Waals surface area contributed by atoms with Crippen LogP contribution < -0.4 is 20.1 Å². The van der Waals surface area contributed by atoms with Gasteiger partial charge in [-0.25, -0.2) is 8.42 Å². The summed E-state index contributed by atoms with van der Waals surface area (Å²) in [4.78, 5) is 0.194. The summed E-state index contributed by atoms with van der Waals surface area (Å²) >= 11 is 5.25. The molecule has 0 heterocycles. The van der Waals surface area contributed by atoms with Gasteiger partial charge in [-0.3, -0.25) is 4.72 Å². The number of thiocarbonyl (C=S) groups is 1. The Balaban J connectivity index is 2.16. The summed E-state index contributed by atoms with van der Waals surface area (Å²) in [5.74, 6) is 0.657. The Bertz CT molecular complexity index is 882. The summed E-state index contributed by atoms with van der Waals surface area (Å²) in [6.07, 6.45) is 2.08. The molecule has 2 aromatic rings. The highest BCUT2D eigenvalue weighted by atomic mass is 32.2. The molecular formula is C19H25N3O3S2. The first-order chi connectivity index (χ1) is 12.9. The van der Waals surface area contributed by atoms with Crippen LogP contribution >= 0.6 is 12.2 Å². The average molecular weight is 408 g/mol. The fourth-order valence-electron chi connectivity index (χ4n) is 2.39. The van der Waals surface area contributed by atoms with Crippen LogP contribution in [0.3, 0.4) is 0 Å². The Morgan fingerprint density at radius 3 is 2.41 bits per heavy atom. The number of methoxy groups -OCH3 is 1. The van der Waals surface area contributed by atoms with E-state index in [0.29, 0.717) is 27.8 Å². The second kappa shape index (κ2) is 9.57. The van der Waals surface area contributed by atoms with Crippen LogP contribution in [0.4, 0.5) is 11.4 Å². The molecule has 0 aromatic heterocycles. The molecule has 0 aliphatic rings. The number of unbranched alkanes of at least 4 members (excludes halogenated alkanes) is 1. The molecule has 27 heavy (non-hydrogen) atoms. The van der Waals surface area contributed by atoms with Crippen LogP contribution in [-0.2, 0) is 10.0 Å². The molecule has 0 aliphatic carbocycles. The standard InChI is InChI=1S/C19H25N3O3S2/c1-4-5-12-20-19(26)21-16-7-6-14(2)18(13-16)27(23,24)22-15-8-10-17(25-3)11-9-15/h6-11,13,22H,4-5,12H2,1-3H3,(H2,20,21,26). The van der Waals surface area contributed by atoms with Gasteiger partial charge in [-0.2, -0.15) is 0 Å². The molecule has 2 rings (SSSR count). The third-order valence-corrected chi connectivity index (χ3v) is 5.66. The molecule has 0 radical (unpaired) electrons. The lowest BCUT2D eigenvalue weighted by Crippen LogP contribution is -2.29. The van der Waals surface area contributed by atoms with Crippen molar-refractivity contribution in [3.05, 3.63) is 48.0 Å². The summed E-state index contributed by atoms with van der Waals surface area (Å²) < 4.78 is 33.3. The van der Waals surface area contributed by atoms with Crippen LogP contribution in [0.1, 0.15) is 25.3 Å². The van der Waals surface area contributed by atoms with E-state index >= 15 is 0 Å². The van der Waals surface area contributed by atoms with E-state index < -0.39 is 10.0 Å². The molecule has 0 amide bonds. The second-order valence-corrected chi connectivity index (χ2v) is 8.11. The molecule has 0 saturated heterocycles. The SMILES string of the molecule is CCCCNC(=S)Nc1ccc(C)c(S(=O)(=O)Nc2ccc(OC)cc2)c1. The van der Waals surface area contributed by atoms with Gasteiger partial charge in [-0.15, -0.1) is 0 Å². The summed E-state index contributed by atoms with van der Waals surface area (Å²) in [5.41, 5.74) is 1.72. The van der Waals surface area contributed by atoms with E-state index in [0.717, 1.165) is 19.4 Å². The van der Waals surface area contributed by atoms with Crippen molar-refractivity contribution >= 4 is 38.7 Å². The second-order valence-electron chi connectivity index (χ2n) is 6.05. The maximum atomic E-state index is 12.8. The minimum absolute atomic E-state index is 0.194. The molecule has 0 atom stereocenters. The van der Waals surface area contributed by atoms with Gasteiger partial charge in [0.1, 0.15) is 5.75 Å². The summed E-state index contributed by atoms with van der Waals surface area (Å²) in [5, 5.41) is 6.60. The van der Waals surface area contributed by atoms with Crippen molar-refractivity contribution in [2.75, 3.05) is 23.7 Å². The Labute approximate surface area is 166 Å². The van der Waals surface area contributed by atoms with Crippen molar-refractivity contribution in [3.63, 3.8) is 0 Å². The average Bonchev–Trinajstić information content (AvgIpc) is 2.64. The van der Waals surface area contributed by atoms with E-state index in [9.17, 15) is 8.42 Å². The maximum absolute atomic E-state index is 12.8. The quantitative estimate of drug-likeness (QED) is 0.455. The molecule has 0 bridgehead atoms. The van der Waals surface area contributed by atoms with Gasteiger partial charge in [-0.1, -0.05) is 19.4 Å². The molecule has 0 unspecified atom stereocenters. The number of rotatable bonds is 8. The van der Waals surface area contributed by atoms with Gasteiger partial charge in [0.25, 0.3) is 10.0 Å². The zero-order chi connectivity index (χ0) is 19.9. The van der Waals surface area contributed by atoms with E-state index in [1.165, 1.54) is 0 Å².